The third-order valence-electron chi connectivity index (χ3n) is 5.86. The SMILES string of the molecule is COc1ccc(C(=O)N2CCc3ccc(NC(=O)CC(NS(C)(=O)=O)c4ccc(Cl)cc4)cc32)cc1. The Balaban J connectivity index is 1.50. The fourth-order valence-electron chi connectivity index (χ4n) is 4.14. The van der Waals surface area contributed by atoms with E-state index in [2.05, 4.69) is 10.0 Å². The van der Waals surface area contributed by atoms with Gasteiger partial charge in [0.25, 0.3) is 5.91 Å². The molecule has 36 heavy (non-hydrogen) atoms. The standard InChI is InChI=1S/C26H26ClN3O5S/c1-35-22-11-6-19(7-12-22)26(32)30-14-13-18-5-10-21(15-24(18)30)28-25(31)16-23(29-36(2,33)34)17-3-8-20(27)9-4-17/h3-12,15,23,29H,13-14,16H2,1-2H3,(H,28,31). The second-order valence-corrected chi connectivity index (χ2v) is 10.7. The predicted octanol–water partition coefficient (Wildman–Crippen LogP) is 4.17. The van der Waals surface area contributed by atoms with Crippen LogP contribution in [-0.4, -0.2) is 40.1 Å². The van der Waals surface area contributed by atoms with Crippen molar-refractivity contribution in [3.63, 3.8) is 0 Å². The van der Waals surface area contributed by atoms with Crippen LogP contribution in [-0.2, 0) is 21.2 Å². The maximum absolute atomic E-state index is 13.1. The average molecular weight is 528 g/mol. The lowest BCUT2D eigenvalue weighted by molar-refractivity contribution is -0.116. The Morgan fingerprint density at radius 3 is 2.39 bits per heavy atom. The number of methoxy groups -OCH3 is 1. The molecular weight excluding hydrogens is 502 g/mol. The van der Waals surface area contributed by atoms with E-state index >= 15 is 0 Å². The van der Waals surface area contributed by atoms with Gasteiger partial charge in [-0.1, -0.05) is 29.8 Å². The van der Waals surface area contributed by atoms with Crippen LogP contribution in [0.4, 0.5) is 11.4 Å². The summed E-state index contributed by atoms with van der Waals surface area (Å²) in [6.45, 7) is 0.536. The molecule has 0 saturated heterocycles. The maximum atomic E-state index is 13.1. The van der Waals surface area contributed by atoms with Crippen LogP contribution in [0.5, 0.6) is 5.75 Å². The van der Waals surface area contributed by atoms with Crippen molar-refractivity contribution in [3.05, 3.63) is 88.4 Å². The summed E-state index contributed by atoms with van der Waals surface area (Å²) < 4.78 is 31.4. The van der Waals surface area contributed by atoms with Crippen LogP contribution < -0.4 is 19.7 Å². The molecule has 3 aromatic rings. The lowest BCUT2D eigenvalue weighted by Gasteiger charge is -2.20. The number of fused-ring (bicyclic) bond motifs is 1. The summed E-state index contributed by atoms with van der Waals surface area (Å²) in [6, 6.07) is 18.2. The van der Waals surface area contributed by atoms with Gasteiger partial charge in [0.2, 0.25) is 15.9 Å². The van der Waals surface area contributed by atoms with Gasteiger partial charge < -0.3 is 15.0 Å². The van der Waals surface area contributed by atoms with Crippen molar-refractivity contribution >= 4 is 44.8 Å². The summed E-state index contributed by atoms with van der Waals surface area (Å²) >= 11 is 5.94. The van der Waals surface area contributed by atoms with Crippen LogP contribution in [0.1, 0.15) is 33.9 Å². The van der Waals surface area contributed by atoms with Crippen LogP contribution in [0.2, 0.25) is 5.02 Å². The summed E-state index contributed by atoms with van der Waals surface area (Å²) in [5, 5.41) is 3.34. The number of ether oxygens (including phenoxy) is 1. The second kappa shape index (κ2) is 10.7. The maximum Gasteiger partial charge on any atom is 0.258 e. The highest BCUT2D eigenvalue weighted by molar-refractivity contribution is 7.88. The molecule has 2 N–H and O–H groups in total. The number of carbonyl (C=O) groups excluding carboxylic acids is 2. The Bertz CT molecular complexity index is 1380. The fourth-order valence-corrected chi connectivity index (χ4v) is 5.00. The molecule has 1 unspecified atom stereocenters. The quantitative estimate of drug-likeness (QED) is 0.457. The molecule has 10 heteroatoms. The van der Waals surface area contributed by atoms with Gasteiger partial charge in [-0.05, 0) is 66.1 Å². The number of sulfonamides is 1. The fraction of sp³-hybridized carbons (Fsp3) is 0.231. The molecule has 0 aliphatic carbocycles. The van der Waals surface area contributed by atoms with Crippen molar-refractivity contribution in [2.45, 2.75) is 18.9 Å². The molecule has 1 aliphatic rings. The predicted molar refractivity (Wildman–Crippen MR) is 140 cm³/mol. The van der Waals surface area contributed by atoms with Crippen molar-refractivity contribution in [3.8, 4) is 5.75 Å². The van der Waals surface area contributed by atoms with E-state index in [0.29, 0.717) is 40.6 Å². The second-order valence-electron chi connectivity index (χ2n) is 8.53. The largest absolute Gasteiger partial charge is 0.497 e. The molecule has 1 aliphatic heterocycles. The van der Waals surface area contributed by atoms with Gasteiger partial charge in [0.1, 0.15) is 5.75 Å². The topological polar surface area (TPSA) is 105 Å². The van der Waals surface area contributed by atoms with Crippen LogP contribution in [0.25, 0.3) is 0 Å². The van der Waals surface area contributed by atoms with Gasteiger partial charge in [0, 0.05) is 34.9 Å². The lowest BCUT2D eigenvalue weighted by atomic mass is 10.0. The minimum absolute atomic E-state index is 0.125. The van der Waals surface area contributed by atoms with E-state index in [1.54, 1.807) is 72.7 Å². The zero-order chi connectivity index (χ0) is 25.9. The number of amides is 2. The Morgan fingerprint density at radius 2 is 1.75 bits per heavy atom. The van der Waals surface area contributed by atoms with Gasteiger partial charge >= 0.3 is 0 Å². The number of carbonyl (C=O) groups is 2. The minimum Gasteiger partial charge on any atom is -0.497 e. The van der Waals surface area contributed by atoms with Gasteiger partial charge in [-0.25, -0.2) is 13.1 Å². The van der Waals surface area contributed by atoms with Crippen molar-refractivity contribution in [2.24, 2.45) is 0 Å². The molecule has 0 aromatic heterocycles. The summed E-state index contributed by atoms with van der Waals surface area (Å²) in [5.74, 6) is 0.151. The average Bonchev–Trinajstić information content (AvgIpc) is 3.26. The Labute approximate surface area is 215 Å². The molecular formula is C26H26ClN3O5S. The lowest BCUT2D eigenvalue weighted by Crippen LogP contribution is -2.31. The number of hydrogen-bond acceptors (Lipinski definition) is 5. The normalized spacial score (nSPS) is 13.7. The Morgan fingerprint density at radius 1 is 1.06 bits per heavy atom. The molecule has 3 aromatic carbocycles. The van der Waals surface area contributed by atoms with Crippen molar-refractivity contribution in [1.29, 1.82) is 0 Å². The molecule has 2 amide bonds. The Hall–Kier alpha value is -3.40. The zero-order valence-corrected chi connectivity index (χ0v) is 21.4. The molecule has 0 spiro atoms. The number of rotatable bonds is 8. The summed E-state index contributed by atoms with van der Waals surface area (Å²) in [7, 11) is -2.00. The minimum atomic E-state index is -3.57. The van der Waals surface area contributed by atoms with Gasteiger partial charge in [0.15, 0.2) is 0 Å². The first kappa shape index (κ1) is 25.7. The van der Waals surface area contributed by atoms with Gasteiger partial charge in [-0.2, -0.15) is 0 Å². The molecule has 0 saturated carbocycles. The van der Waals surface area contributed by atoms with Crippen molar-refractivity contribution in [1.82, 2.24) is 4.72 Å². The van der Waals surface area contributed by atoms with Crippen LogP contribution >= 0.6 is 11.6 Å². The van der Waals surface area contributed by atoms with E-state index < -0.39 is 16.1 Å². The smallest absolute Gasteiger partial charge is 0.258 e. The van der Waals surface area contributed by atoms with E-state index in [1.165, 1.54) is 0 Å². The number of halogens is 1. The number of nitrogens with one attached hydrogen (secondary N) is 2. The van der Waals surface area contributed by atoms with E-state index in [4.69, 9.17) is 16.3 Å². The van der Waals surface area contributed by atoms with Gasteiger partial charge in [-0.3, -0.25) is 9.59 Å². The van der Waals surface area contributed by atoms with E-state index in [9.17, 15) is 18.0 Å². The molecule has 1 heterocycles. The van der Waals surface area contributed by atoms with Crippen molar-refractivity contribution in [2.75, 3.05) is 30.1 Å². The summed E-state index contributed by atoms with van der Waals surface area (Å²) in [5.41, 5.74) is 3.41. The number of anilines is 2. The Kier molecular flexibility index (Phi) is 7.63. The number of benzene rings is 3. The molecule has 188 valence electrons. The van der Waals surface area contributed by atoms with Gasteiger partial charge in [-0.15, -0.1) is 0 Å². The monoisotopic (exact) mass is 527 g/mol. The molecule has 4 rings (SSSR count). The van der Waals surface area contributed by atoms with Crippen molar-refractivity contribution < 1.29 is 22.7 Å². The first-order valence-corrected chi connectivity index (χ1v) is 13.5. The molecule has 0 fully saturated rings. The van der Waals surface area contributed by atoms with E-state index in [1.807, 2.05) is 6.07 Å². The third kappa shape index (κ3) is 6.23. The number of hydrogen-bond donors (Lipinski definition) is 2. The summed E-state index contributed by atoms with van der Waals surface area (Å²) in [6.07, 6.45) is 1.63. The highest BCUT2D eigenvalue weighted by atomic mass is 35.5. The molecule has 0 radical (unpaired) electrons. The highest BCUT2D eigenvalue weighted by Gasteiger charge is 2.26. The first-order valence-electron chi connectivity index (χ1n) is 11.2. The summed E-state index contributed by atoms with van der Waals surface area (Å²) in [4.78, 5) is 27.7. The zero-order valence-electron chi connectivity index (χ0n) is 19.8. The molecule has 0 bridgehead atoms. The van der Waals surface area contributed by atoms with Crippen LogP contribution in [0, 0.1) is 0 Å². The molecule has 1 atom stereocenters. The number of nitrogens with zero attached hydrogens (tertiary/aromatic N) is 1. The van der Waals surface area contributed by atoms with Crippen LogP contribution in [0.3, 0.4) is 0 Å². The van der Waals surface area contributed by atoms with Gasteiger partial charge in [0.05, 0.1) is 19.4 Å². The first-order chi connectivity index (χ1) is 17.1. The third-order valence-corrected chi connectivity index (χ3v) is 6.83. The van der Waals surface area contributed by atoms with E-state index in [-0.39, 0.29) is 18.2 Å². The molecule has 8 nitrogen and oxygen atoms in total. The highest BCUT2D eigenvalue weighted by Crippen LogP contribution is 2.32. The van der Waals surface area contributed by atoms with Crippen LogP contribution in [0.15, 0.2) is 66.7 Å². The van der Waals surface area contributed by atoms with E-state index in [0.717, 1.165) is 17.5 Å².